The molecule has 3 amide bonds. The van der Waals surface area contributed by atoms with Crippen LogP contribution in [0.3, 0.4) is 0 Å². The number of nitrogens with one attached hydrogen (secondary N) is 3. The summed E-state index contributed by atoms with van der Waals surface area (Å²) in [4.78, 5) is 23.2. The van der Waals surface area contributed by atoms with E-state index in [1.807, 2.05) is 6.92 Å². The zero-order valence-corrected chi connectivity index (χ0v) is 15.1. The number of ether oxygens (including phenoxy) is 2. The summed E-state index contributed by atoms with van der Waals surface area (Å²) in [5.41, 5.74) is 0.691. The molecule has 1 saturated heterocycles. The first-order valence-corrected chi connectivity index (χ1v) is 8.62. The predicted molar refractivity (Wildman–Crippen MR) is 96.2 cm³/mol. The largest absolute Gasteiger partial charge is 0.493 e. The number of hydrogen-bond donors (Lipinski definition) is 3. The van der Waals surface area contributed by atoms with Gasteiger partial charge in [0.1, 0.15) is 0 Å². The number of unbranched alkanes of at least 4 members (excludes halogenated alkanes) is 2. The van der Waals surface area contributed by atoms with Crippen LogP contribution in [0.5, 0.6) is 11.5 Å². The molecule has 0 saturated carbocycles. The molecular weight excluding hydrogens is 322 g/mol. The number of amides is 3. The number of benzene rings is 1. The molecular formula is C18H27N3O4. The fourth-order valence-electron chi connectivity index (χ4n) is 2.93. The number of hydrogen-bond acceptors (Lipinski definition) is 4. The number of anilines is 1. The third-order valence-electron chi connectivity index (χ3n) is 4.37. The number of carbonyl (C=O) groups is 2. The minimum atomic E-state index is -0.0909. The average Bonchev–Trinajstić information content (AvgIpc) is 2.91. The lowest BCUT2D eigenvalue weighted by atomic mass is 10.0. The molecule has 1 aliphatic heterocycles. The quantitative estimate of drug-likeness (QED) is 0.598. The molecule has 0 unspecified atom stereocenters. The summed E-state index contributed by atoms with van der Waals surface area (Å²) in [5.74, 6) is 1.20. The van der Waals surface area contributed by atoms with Crippen molar-refractivity contribution in [2.75, 3.05) is 19.5 Å². The Hall–Kier alpha value is -2.44. The first-order valence-electron chi connectivity index (χ1n) is 8.62. The third-order valence-corrected chi connectivity index (χ3v) is 4.37. The van der Waals surface area contributed by atoms with Crippen molar-refractivity contribution in [3.8, 4) is 11.5 Å². The van der Waals surface area contributed by atoms with E-state index in [2.05, 4.69) is 16.0 Å². The van der Waals surface area contributed by atoms with Gasteiger partial charge in [0.15, 0.2) is 11.5 Å². The number of urea groups is 1. The summed E-state index contributed by atoms with van der Waals surface area (Å²) in [5, 5.41) is 8.61. The number of carbonyl (C=O) groups excluding carboxylic acids is 2. The van der Waals surface area contributed by atoms with Crippen molar-refractivity contribution in [1.82, 2.24) is 10.6 Å². The normalized spacial score (nSPS) is 19.1. The Morgan fingerprint density at radius 2 is 1.88 bits per heavy atom. The number of rotatable bonds is 9. The Labute approximate surface area is 148 Å². The molecule has 7 nitrogen and oxygen atoms in total. The van der Waals surface area contributed by atoms with Crippen molar-refractivity contribution < 1.29 is 19.1 Å². The molecule has 0 aromatic heterocycles. The topological polar surface area (TPSA) is 88.7 Å². The summed E-state index contributed by atoms with van der Waals surface area (Å²) in [6.07, 6.45) is 4.16. The first-order chi connectivity index (χ1) is 12.0. The van der Waals surface area contributed by atoms with Gasteiger partial charge in [0, 0.05) is 24.2 Å². The average molecular weight is 349 g/mol. The monoisotopic (exact) mass is 349 g/mol. The van der Waals surface area contributed by atoms with Crippen LogP contribution in [0.4, 0.5) is 10.5 Å². The highest BCUT2D eigenvalue weighted by Gasteiger charge is 2.26. The Bertz CT molecular complexity index is 606. The Balaban J connectivity index is 1.66. The molecule has 1 heterocycles. The van der Waals surface area contributed by atoms with Crippen LogP contribution in [0.15, 0.2) is 18.2 Å². The summed E-state index contributed by atoms with van der Waals surface area (Å²) < 4.78 is 10.4. The van der Waals surface area contributed by atoms with Gasteiger partial charge in [0.05, 0.1) is 20.3 Å². The lowest BCUT2D eigenvalue weighted by Crippen LogP contribution is -2.30. The zero-order valence-electron chi connectivity index (χ0n) is 15.1. The van der Waals surface area contributed by atoms with Crippen molar-refractivity contribution >= 4 is 17.6 Å². The van der Waals surface area contributed by atoms with Gasteiger partial charge in [-0.25, -0.2) is 4.79 Å². The molecule has 0 bridgehead atoms. The lowest BCUT2D eigenvalue weighted by Gasteiger charge is -2.13. The maximum atomic E-state index is 12.0. The summed E-state index contributed by atoms with van der Waals surface area (Å²) in [7, 11) is 3.14. The molecule has 1 aromatic carbocycles. The molecule has 1 fully saturated rings. The molecule has 7 heteroatoms. The van der Waals surface area contributed by atoms with Crippen molar-refractivity contribution in [1.29, 1.82) is 0 Å². The van der Waals surface area contributed by atoms with E-state index in [1.54, 1.807) is 32.4 Å². The van der Waals surface area contributed by atoms with Crippen LogP contribution >= 0.6 is 0 Å². The highest BCUT2D eigenvalue weighted by molar-refractivity contribution is 5.91. The van der Waals surface area contributed by atoms with E-state index in [-0.39, 0.29) is 24.0 Å². The van der Waals surface area contributed by atoms with Crippen molar-refractivity contribution in [3.05, 3.63) is 18.2 Å². The standard InChI is InChI=1S/C18H27N3O4/c1-12-14(21-18(23)19-12)7-5-4-6-8-17(22)20-13-9-10-15(24-2)16(11-13)25-3/h9-12,14H,4-8H2,1-3H3,(H,20,22)(H2,19,21,23)/t12-,14+/m0/s1. The van der Waals surface area contributed by atoms with Crippen LogP contribution in [-0.4, -0.2) is 38.2 Å². The summed E-state index contributed by atoms with van der Waals surface area (Å²) >= 11 is 0. The smallest absolute Gasteiger partial charge is 0.315 e. The van der Waals surface area contributed by atoms with Crippen LogP contribution in [0.2, 0.25) is 0 Å². The zero-order chi connectivity index (χ0) is 18.2. The van der Waals surface area contributed by atoms with Gasteiger partial charge in [0.2, 0.25) is 5.91 Å². The second-order valence-electron chi connectivity index (χ2n) is 6.23. The van der Waals surface area contributed by atoms with Gasteiger partial charge in [-0.15, -0.1) is 0 Å². The third kappa shape index (κ3) is 5.55. The fourth-order valence-corrected chi connectivity index (χ4v) is 2.93. The molecule has 3 N–H and O–H groups in total. The van der Waals surface area contributed by atoms with Gasteiger partial charge in [0.25, 0.3) is 0 Å². The lowest BCUT2D eigenvalue weighted by molar-refractivity contribution is -0.116. The van der Waals surface area contributed by atoms with Crippen LogP contribution in [0, 0.1) is 0 Å². The van der Waals surface area contributed by atoms with Gasteiger partial charge in [-0.2, -0.15) is 0 Å². The highest BCUT2D eigenvalue weighted by Crippen LogP contribution is 2.29. The Kier molecular flexibility index (Phi) is 6.91. The molecule has 0 radical (unpaired) electrons. The minimum Gasteiger partial charge on any atom is -0.493 e. The van der Waals surface area contributed by atoms with E-state index in [4.69, 9.17) is 9.47 Å². The van der Waals surface area contributed by atoms with Gasteiger partial charge < -0.3 is 25.4 Å². The molecule has 2 atom stereocenters. The van der Waals surface area contributed by atoms with Gasteiger partial charge in [-0.1, -0.05) is 12.8 Å². The van der Waals surface area contributed by atoms with Gasteiger partial charge in [-0.3, -0.25) is 4.79 Å². The van der Waals surface area contributed by atoms with E-state index in [0.29, 0.717) is 23.6 Å². The molecule has 25 heavy (non-hydrogen) atoms. The molecule has 138 valence electrons. The maximum absolute atomic E-state index is 12.0. The fraction of sp³-hybridized carbons (Fsp3) is 0.556. The molecule has 1 aliphatic rings. The molecule has 0 spiro atoms. The SMILES string of the molecule is COc1ccc(NC(=O)CCCCC[C@H]2NC(=O)N[C@H]2C)cc1OC. The minimum absolute atomic E-state index is 0.0172. The van der Waals surface area contributed by atoms with E-state index in [0.717, 1.165) is 25.7 Å². The van der Waals surface area contributed by atoms with E-state index < -0.39 is 0 Å². The van der Waals surface area contributed by atoms with E-state index >= 15 is 0 Å². The summed E-state index contributed by atoms with van der Waals surface area (Å²) in [6.45, 7) is 2.00. The number of methoxy groups -OCH3 is 2. The maximum Gasteiger partial charge on any atom is 0.315 e. The van der Waals surface area contributed by atoms with Crippen LogP contribution in [0.25, 0.3) is 0 Å². The Morgan fingerprint density at radius 1 is 1.12 bits per heavy atom. The molecule has 2 rings (SSSR count). The first kappa shape index (κ1) is 18.9. The molecule has 1 aromatic rings. The highest BCUT2D eigenvalue weighted by atomic mass is 16.5. The van der Waals surface area contributed by atoms with Crippen LogP contribution < -0.4 is 25.4 Å². The van der Waals surface area contributed by atoms with Crippen molar-refractivity contribution in [3.63, 3.8) is 0 Å². The van der Waals surface area contributed by atoms with Gasteiger partial charge in [-0.05, 0) is 31.9 Å². The predicted octanol–water partition coefficient (Wildman–Crippen LogP) is 2.66. The van der Waals surface area contributed by atoms with Crippen molar-refractivity contribution in [2.45, 2.75) is 51.1 Å². The second kappa shape index (κ2) is 9.15. The summed E-state index contributed by atoms with van der Waals surface area (Å²) in [6, 6.07) is 5.56. The van der Waals surface area contributed by atoms with Crippen LogP contribution in [-0.2, 0) is 4.79 Å². The molecule has 0 aliphatic carbocycles. The van der Waals surface area contributed by atoms with Crippen molar-refractivity contribution in [2.24, 2.45) is 0 Å². The Morgan fingerprint density at radius 3 is 2.52 bits per heavy atom. The van der Waals surface area contributed by atoms with E-state index in [1.165, 1.54) is 0 Å². The van der Waals surface area contributed by atoms with Gasteiger partial charge >= 0.3 is 6.03 Å². The van der Waals surface area contributed by atoms with Crippen LogP contribution in [0.1, 0.15) is 39.0 Å². The second-order valence-corrected chi connectivity index (χ2v) is 6.23. The van der Waals surface area contributed by atoms with E-state index in [9.17, 15) is 9.59 Å².